The molecule has 12 unspecified atom stereocenters. The quantitative estimate of drug-likeness (QED) is 0.0204. The van der Waals surface area contributed by atoms with Gasteiger partial charge in [-0.1, -0.05) is 337 Å². The molecule has 0 saturated carbocycles. The van der Waals surface area contributed by atoms with E-state index in [4.69, 9.17) is 18.9 Å². The second-order valence-electron chi connectivity index (χ2n) is 28.5. The summed E-state index contributed by atoms with van der Waals surface area (Å²) in [6.07, 6.45) is 98.4. The van der Waals surface area contributed by atoms with Gasteiger partial charge in [-0.15, -0.1) is 0 Å². The molecule has 2 saturated heterocycles. The Morgan fingerprint density at radius 1 is 0.349 bits per heavy atom. The lowest BCUT2D eigenvalue weighted by Crippen LogP contribution is -2.65. The summed E-state index contributed by atoms with van der Waals surface area (Å²) in [7, 11) is 0. The van der Waals surface area contributed by atoms with Crippen LogP contribution in [-0.4, -0.2) is 140 Å². The van der Waals surface area contributed by atoms with Crippen LogP contribution < -0.4 is 5.32 Å². The molecule has 2 aliphatic rings. The van der Waals surface area contributed by atoms with Gasteiger partial charge in [-0.05, 0) is 135 Å². The van der Waals surface area contributed by atoms with Crippen molar-refractivity contribution in [3.8, 4) is 0 Å². The summed E-state index contributed by atoms with van der Waals surface area (Å²) in [4.78, 5) is 13.4. The molecule has 602 valence electrons. The zero-order valence-electron chi connectivity index (χ0n) is 66.1. The van der Waals surface area contributed by atoms with Crippen LogP contribution >= 0.6 is 0 Å². The van der Waals surface area contributed by atoms with Crippen LogP contribution in [0, 0.1) is 0 Å². The fourth-order valence-electron chi connectivity index (χ4n) is 12.5. The average molecular weight is 1480 g/mol. The van der Waals surface area contributed by atoms with Gasteiger partial charge in [-0.25, -0.2) is 0 Å². The highest BCUT2D eigenvalue weighted by atomic mass is 16.7. The first-order valence-electron chi connectivity index (χ1n) is 42.0. The Labute approximate surface area is 644 Å². The first-order valence-corrected chi connectivity index (χ1v) is 42.0. The van der Waals surface area contributed by atoms with Gasteiger partial charge >= 0.3 is 0 Å². The Hall–Kier alpha value is -4.91. The largest absolute Gasteiger partial charge is 0.394 e. The molecule has 14 heteroatoms. The first kappa shape index (κ1) is 97.2. The standard InChI is InChI=1S/C92H151NO13/c1-3-5-7-9-11-13-15-17-19-21-23-25-27-29-31-33-35-37-38-39-40-41-42-44-46-48-50-52-54-56-58-60-62-64-66-68-70-72-74-76-84(97)93-80(79-103-91-89(102)87(100)90(83(78-95)105-91)106-92-88(101)86(99)85(98)82(77-94)104-92)81(96)75-73-71-69-67-65-63-61-59-57-55-53-51-49-47-45-43-36-34-32-30-28-26-24-22-20-18-16-14-12-10-8-6-4-2/h5,7,11,13,17,19,23,25,29,31,35,37,39-40,42,44,48,50,54,56-57,59-60,62,65-68,73,75,80-83,85-92,94-96,98-102H,3-4,6,8-10,12,14-16,18,20-22,24,26-28,30,32-34,36,38,41,43,45-47,49,51-53,55,58,61,63-64,69-72,74,76-79H2,1-2H3,(H,93,97)/b7-5-,13-11-,19-17-,25-23-,31-29-,37-35-,40-39-,44-42-,50-48-,56-54-,59-57+,62-60-,67-65+,68-66-,75-73+. The summed E-state index contributed by atoms with van der Waals surface area (Å²) in [5.74, 6) is -0.301. The molecular formula is C92H151NO13. The van der Waals surface area contributed by atoms with E-state index in [1.807, 2.05) is 6.08 Å². The summed E-state index contributed by atoms with van der Waals surface area (Å²) < 4.78 is 22.9. The highest BCUT2D eigenvalue weighted by Gasteiger charge is 2.51. The van der Waals surface area contributed by atoms with Gasteiger partial charge in [0, 0.05) is 6.42 Å². The van der Waals surface area contributed by atoms with Gasteiger partial charge < -0.3 is 65.1 Å². The molecule has 0 aromatic rings. The van der Waals surface area contributed by atoms with E-state index in [0.29, 0.717) is 12.8 Å². The number of hydrogen-bond acceptors (Lipinski definition) is 13. The van der Waals surface area contributed by atoms with E-state index in [1.165, 1.54) is 148 Å². The van der Waals surface area contributed by atoms with Crippen molar-refractivity contribution in [1.82, 2.24) is 5.32 Å². The van der Waals surface area contributed by atoms with Crippen molar-refractivity contribution in [1.29, 1.82) is 0 Å². The van der Waals surface area contributed by atoms with Crippen LogP contribution in [0.1, 0.15) is 296 Å². The fraction of sp³-hybridized carbons (Fsp3) is 0.663. The smallest absolute Gasteiger partial charge is 0.220 e. The number of amides is 1. The van der Waals surface area contributed by atoms with Gasteiger partial charge in [-0.3, -0.25) is 4.79 Å². The predicted molar refractivity (Wildman–Crippen MR) is 442 cm³/mol. The molecule has 0 spiro atoms. The Bertz CT molecular complexity index is 2500. The van der Waals surface area contributed by atoms with Crippen molar-refractivity contribution in [3.05, 3.63) is 182 Å². The number of carbonyl (C=O) groups excluding carboxylic acids is 1. The van der Waals surface area contributed by atoms with Gasteiger partial charge in [0.2, 0.25) is 5.91 Å². The highest BCUT2D eigenvalue weighted by molar-refractivity contribution is 5.76. The van der Waals surface area contributed by atoms with E-state index in [0.717, 1.165) is 116 Å². The van der Waals surface area contributed by atoms with Crippen molar-refractivity contribution in [2.75, 3.05) is 19.8 Å². The maximum Gasteiger partial charge on any atom is 0.220 e. The third-order valence-electron chi connectivity index (χ3n) is 19.1. The Balaban J connectivity index is 1.67. The van der Waals surface area contributed by atoms with E-state index >= 15 is 0 Å². The maximum absolute atomic E-state index is 13.4. The minimum absolute atomic E-state index is 0.202. The van der Waals surface area contributed by atoms with Crippen LogP contribution in [-0.2, 0) is 23.7 Å². The van der Waals surface area contributed by atoms with Crippen molar-refractivity contribution in [2.24, 2.45) is 0 Å². The molecule has 0 bridgehead atoms. The van der Waals surface area contributed by atoms with Crippen molar-refractivity contribution >= 4 is 5.91 Å². The minimum Gasteiger partial charge on any atom is -0.394 e. The molecule has 106 heavy (non-hydrogen) atoms. The van der Waals surface area contributed by atoms with E-state index in [9.17, 15) is 45.6 Å². The van der Waals surface area contributed by atoms with Gasteiger partial charge in [-0.2, -0.15) is 0 Å². The normalized spacial score (nSPS) is 22.3. The molecule has 12 atom stereocenters. The number of aliphatic hydroxyl groups excluding tert-OH is 8. The van der Waals surface area contributed by atoms with Crippen LogP contribution in [0.15, 0.2) is 182 Å². The third kappa shape index (κ3) is 54.6. The molecule has 0 aromatic heterocycles. The molecule has 0 radical (unpaired) electrons. The second-order valence-corrected chi connectivity index (χ2v) is 28.5. The number of hydrogen-bond donors (Lipinski definition) is 9. The molecule has 14 nitrogen and oxygen atoms in total. The number of aliphatic hydroxyl groups is 8. The molecule has 2 aliphatic heterocycles. The van der Waals surface area contributed by atoms with Crippen LogP contribution in [0.4, 0.5) is 0 Å². The predicted octanol–water partition coefficient (Wildman–Crippen LogP) is 20.0. The minimum atomic E-state index is -1.81. The van der Waals surface area contributed by atoms with Crippen molar-refractivity contribution < 1.29 is 64.6 Å². The summed E-state index contributed by atoms with van der Waals surface area (Å²) >= 11 is 0. The van der Waals surface area contributed by atoms with E-state index in [2.05, 4.69) is 189 Å². The number of unbranched alkanes of at least 4 members (excludes halogenated alkanes) is 27. The van der Waals surface area contributed by atoms with Gasteiger partial charge in [0.1, 0.15) is 48.8 Å². The van der Waals surface area contributed by atoms with Crippen molar-refractivity contribution in [3.63, 3.8) is 0 Å². The van der Waals surface area contributed by atoms with Gasteiger partial charge in [0.25, 0.3) is 0 Å². The lowest BCUT2D eigenvalue weighted by Gasteiger charge is -2.46. The summed E-state index contributed by atoms with van der Waals surface area (Å²) in [5, 5.41) is 87.7. The van der Waals surface area contributed by atoms with Crippen molar-refractivity contribution in [2.45, 2.75) is 370 Å². The molecular weight excluding hydrogens is 1330 g/mol. The fourth-order valence-corrected chi connectivity index (χ4v) is 12.5. The van der Waals surface area contributed by atoms with E-state index in [1.54, 1.807) is 6.08 Å². The lowest BCUT2D eigenvalue weighted by atomic mass is 9.97. The summed E-state index contributed by atoms with van der Waals surface area (Å²) in [6.45, 7) is 2.65. The first-order chi connectivity index (χ1) is 52.1. The lowest BCUT2D eigenvalue weighted by molar-refractivity contribution is -0.359. The van der Waals surface area contributed by atoms with Crippen LogP contribution in [0.3, 0.4) is 0 Å². The van der Waals surface area contributed by atoms with Crippen LogP contribution in [0.2, 0.25) is 0 Å². The topological polar surface area (TPSA) is 228 Å². The Kier molecular flexibility index (Phi) is 66.8. The molecule has 2 rings (SSSR count). The van der Waals surface area contributed by atoms with E-state index < -0.39 is 86.8 Å². The molecule has 0 aromatic carbocycles. The molecule has 9 N–H and O–H groups in total. The molecule has 2 heterocycles. The maximum atomic E-state index is 13.4. The molecule has 2 fully saturated rings. The van der Waals surface area contributed by atoms with Gasteiger partial charge in [0.15, 0.2) is 12.6 Å². The Morgan fingerprint density at radius 2 is 0.660 bits per heavy atom. The average Bonchev–Trinajstić information content (AvgIpc) is 0.789. The molecule has 0 aliphatic carbocycles. The monoisotopic (exact) mass is 1480 g/mol. The van der Waals surface area contributed by atoms with E-state index in [-0.39, 0.29) is 18.9 Å². The molecule has 1 amide bonds. The number of rotatable bonds is 68. The number of allylic oxidation sites excluding steroid dienone is 29. The Morgan fingerprint density at radius 3 is 1.04 bits per heavy atom. The number of carbonyl (C=O) groups is 1. The number of ether oxygens (including phenoxy) is 4. The van der Waals surface area contributed by atoms with Crippen LogP contribution in [0.25, 0.3) is 0 Å². The van der Waals surface area contributed by atoms with Crippen LogP contribution in [0.5, 0.6) is 0 Å². The zero-order valence-corrected chi connectivity index (χ0v) is 66.1. The highest BCUT2D eigenvalue weighted by Crippen LogP contribution is 2.30. The SMILES string of the molecule is CC/C=C\C/C=C\C/C=C\C/C=C\C/C=C\C/C=C\C/C=C\C/C=C\C/C=C\C/C=C\C/C=C\C/C=C\CCCCC(=O)NC(COC1OC(CO)C(OC2OC(CO)C(O)C(O)C2O)C(O)C1O)C(O)/C=C/CC/C=C/CC/C=C/CCCCCCCCCCCCCCCCCCCCCCCCC. The summed E-state index contributed by atoms with van der Waals surface area (Å²) in [5.41, 5.74) is 0. The number of nitrogens with one attached hydrogen (secondary N) is 1. The summed E-state index contributed by atoms with van der Waals surface area (Å²) in [6, 6.07) is -0.979. The second kappa shape index (κ2) is 72.9. The third-order valence-corrected chi connectivity index (χ3v) is 19.1. The van der Waals surface area contributed by atoms with Gasteiger partial charge in [0.05, 0.1) is 32.0 Å². The zero-order chi connectivity index (χ0) is 76.5.